The fourth-order valence-corrected chi connectivity index (χ4v) is 3.48. The molecule has 3 aromatic rings. The van der Waals surface area contributed by atoms with Crippen LogP contribution in [0, 0.1) is 12.8 Å². The first kappa shape index (κ1) is 23.3. The number of nitrogens with one attached hydrogen (secondary N) is 2. The Bertz CT molecular complexity index is 1130. The number of carbonyl (C=O) groups excluding carboxylic acids is 1. The van der Waals surface area contributed by atoms with Crippen LogP contribution in [0.2, 0.25) is 0 Å². The van der Waals surface area contributed by atoms with Crippen LogP contribution in [-0.2, 0) is 4.79 Å². The second-order valence-corrected chi connectivity index (χ2v) is 9.37. The van der Waals surface area contributed by atoms with E-state index >= 15 is 0 Å². The zero-order valence-corrected chi connectivity index (χ0v) is 19.6. The maximum Gasteiger partial charge on any atom is 0.326 e. The van der Waals surface area contributed by atoms with E-state index in [0.29, 0.717) is 17.6 Å². The molecule has 7 heteroatoms. The Labute approximate surface area is 188 Å². The molecule has 0 bridgehead atoms. The topological polar surface area (TPSA) is 95.7 Å². The number of aromatic nitrogens is 2. The summed E-state index contributed by atoms with van der Waals surface area (Å²) in [6.07, 6.45) is 2.44. The molecule has 0 aliphatic heterocycles. The largest absolute Gasteiger partial charge is 0.480 e. The maximum absolute atomic E-state index is 12.8. The lowest BCUT2D eigenvalue weighted by molar-refractivity contribution is -0.140. The van der Waals surface area contributed by atoms with Crippen molar-refractivity contribution >= 4 is 23.3 Å². The van der Waals surface area contributed by atoms with Gasteiger partial charge in [-0.1, -0.05) is 50.1 Å². The van der Waals surface area contributed by atoms with E-state index in [-0.39, 0.29) is 11.5 Å². The van der Waals surface area contributed by atoms with E-state index in [1.54, 1.807) is 18.3 Å². The average molecular weight is 437 g/mol. The summed E-state index contributed by atoms with van der Waals surface area (Å²) in [7, 11) is 0. The summed E-state index contributed by atoms with van der Waals surface area (Å²) in [5.41, 5.74) is 3.71. The third kappa shape index (κ3) is 5.10. The highest BCUT2D eigenvalue weighted by molar-refractivity contribution is 5.97. The minimum atomic E-state index is -1.03. The molecule has 1 amide bonds. The number of carboxylic acid groups (broad SMARTS) is 1. The number of hydrogen-bond donors (Lipinski definition) is 3. The molecule has 3 rings (SSSR count). The minimum absolute atomic E-state index is 0.178. The Morgan fingerprint density at radius 2 is 1.81 bits per heavy atom. The Hall–Kier alpha value is -3.35. The number of aliphatic carboxylic acids is 1. The van der Waals surface area contributed by atoms with Crippen molar-refractivity contribution in [3.8, 4) is 11.3 Å². The van der Waals surface area contributed by atoms with Crippen molar-refractivity contribution in [2.45, 2.75) is 59.5 Å². The first-order chi connectivity index (χ1) is 15.0. The molecule has 0 fully saturated rings. The number of benzene rings is 1. The van der Waals surface area contributed by atoms with Crippen LogP contribution in [0.4, 0.5) is 5.82 Å². The molecule has 0 aliphatic rings. The van der Waals surface area contributed by atoms with Crippen molar-refractivity contribution in [2.75, 3.05) is 5.32 Å². The monoisotopic (exact) mass is 436 g/mol. The van der Waals surface area contributed by atoms with Crippen molar-refractivity contribution in [1.82, 2.24) is 14.7 Å². The summed E-state index contributed by atoms with van der Waals surface area (Å²) in [5.74, 6) is -0.799. The molecule has 0 aliphatic carbocycles. The van der Waals surface area contributed by atoms with Crippen LogP contribution in [0.5, 0.6) is 0 Å². The molecule has 7 nitrogen and oxygen atoms in total. The first-order valence-electron chi connectivity index (χ1n) is 10.9. The summed E-state index contributed by atoms with van der Waals surface area (Å²) >= 11 is 0. The molecule has 0 radical (unpaired) electrons. The van der Waals surface area contributed by atoms with E-state index in [1.165, 1.54) is 0 Å². The van der Waals surface area contributed by atoms with Crippen molar-refractivity contribution in [3.63, 3.8) is 0 Å². The zero-order chi connectivity index (χ0) is 23.6. The van der Waals surface area contributed by atoms with Crippen molar-refractivity contribution in [3.05, 3.63) is 53.7 Å². The summed E-state index contributed by atoms with van der Waals surface area (Å²) in [6, 6.07) is 10.6. The molecule has 0 spiro atoms. The van der Waals surface area contributed by atoms with Gasteiger partial charge in [-0.05, 0) is 45.7 Å². The number of amides is 1. The number of carboxylic acids is 1. The van der Waals surface area contributed by atoms with Gasteiger partial charge in [-0.3, -0.25) is 9.20 Å². The quantitative estimate of drug-likeness (QED) is 0.497. The van der Waals surface area contributed by atoms with Crippen LogP contribution in [0.3, 0.4) is 0 Å². The van der Waals surface area contributed by atoms with Gasteiger partial charge in [-0.15, -0.1) is 0 Å². The lowest BCUT2D eigenvalue weighted by atomic mass is 9.99. The van der Waals surface area contributed by atoms with Gasteiger partial charge in [0.05, 0.1) is 0 Å². The van der Waals surface area contributed by atoms with Crippen LogP contribution in [0.25, 0.3) is 16.9 Å². The van der Waals surface area contributed by atoms with Crippen LogP contribution in [0.15, 0.2) is 42.6 Å². The van der Waals surface area contributed by atoms with E-state index in [9.17, 15) is 14.7 Å². The first-order valence-corrected chi connectivity index (χ1v) is 10.9. The summed E-state index contributed by atoms with van der Waals surface area (Å²) in [6.45, 7) is 12.0. The zero-order valence-electron chi connectivity index (χ0n) is 19.6. The summed E-state index contributed by atoms with van der Waals surface area (Å²) in [5, 5.41) is 15.7. The lowest BCUT2D eigenvalue weighted by Gasteiger charge is -2.23. The van der Waals surface area contributed by atoms with E-state index in [0.717, 1.165) is 22.6 Å². The van der Waals surface area contributed by atoms with Crippen molar-refractivity contribution in [1.29, 1.82) is 0 Å². The highest BCUT2D eigenvalue weighted by atomic mass is 16.4. The van der Waals surface area contributed by atoms with Gasteiger partial charge in [0, 0.05) is 22.9 Å². The molecule has 2 unspecified atom stereocenters. The normalized spacial score (nSPS) is 13.6. The number of hydrogen-bond acceptors (Lipinski definition) is 4. The van der Waals surface area contributed by atoms with Crippen molar-refractivity contribution < 1.29 is 14.7 Å². The fraction of sp³-hybridized carbons (Fsp3) is 0.400. The second kappa shape index (κ2) is 9.02. The molecule has 1 aromatic carbocycles. The molecule has 0 saturated carbocycles. The number of rotatable bonds is 7. The number of carbonyl (C=O) groups is 2. The Balaban J connectivity index is 2.03. The highest BCUT2D eigenvalue weighted by Crippen LogP contribution is 2.31. The molecular weight excluding hydrogens is 404 g/mol. The number of imidazole rings is 1. The van der Waals surface area contributed by atoms with Gasteiger partial charge < -0.3 is 15.7 Å². The predicted molar refractivity (Wildman–Crippen MR) is 127 cm³/mol. The van der Waals surface area contributed by atoms with Gasteiger partial charge >= 0.3 is 5.97 Å². The van der Waals surface area contributed by atoms with Gasteiger partial charge in [-0.25, -0.2) is 9.78 Å². The second-order valence-electron chi connectivity index (χ2n) is 9.37. The van der Waals surface area contributed by atoms with Crippen molar-refractivity contribution in [2.24, 2.45) is 5.92 Å². The standard InChI is InChI=1S/C25H32N4O3/c1-7-16(3)20(24(31)32)27-23(30)18-12-13-29-19(14-18)26-21(22(29)28-25(4,5)6)17-10-8-15(2)9-11-17/h8-14,16,20,28H,7H2,1-6H3,(H,27,30)(H,31,32). The van der Waals surface area contributed by atoms with Crippen LogP contribution in [-0.4, -0.2) is 37.9 Å². The van der Waals surface area contributed by atoms with Gasteiger partial charge in [0.1, 0.15) is 23.2 Å². The molecule has 2 heterocycles. The van der Waals surface area contributed by atoms with Crippen LogP contribution in [0.1, 0.15) is 57.0 Å². The minimum Gasteiger partial charge on any atom is -0.480 e. The van der Waals surface area contributed by atoms with E-state index in [4.69, 9.17) is 4.98 Å². The Morgan fingerprint density at radius 1 is 1.16 bits per heavy atom. The highest BCUT2D eigenvalue weighted by Gasteiger charge is 2.26. The Kier molecular flexibility index (Phi) is 6.57. The SMILES string of the molecule is CCC(C)C(NC(=O)c1ccn2c(NC(C)(C)C)c(-c3ccc(C)cc3)nc2c1)C(=O)O. The molecule has 170 valence electrons. The van der Waals surface area contributed by atoms with Gasteiger partial charge in [0.2, 0.25) is 0 Å². The molecular formula is C25H32N4O3. The molecule has 2 aromatic heterocycles. The summed E-state index contributed by atoms with van der Waals surface area (Å²) < 4.78 is 1.92. The number of pyridine rings is 1. The van der Waals surface area contributed by atoms with Crippen LogP contribution >= 0.6 is 0 Å². The Morgan fingerprint density at radius 3 is 2.38 bits per heavy atom. The predicted octanol–water partition coefficient (Wildman–Crippen LogP) is 4.75. The number of aryl methyl sites for hydroxylation is 1. The van der Waals surface area contributed by atoms with Gasteiger partial charge in [0.25, 0.3) is 5.91 Å². The molecule has 3 N–H and O–H groups in total. The smallest absolute Gasteiger partial charge is 0.326 e. The lowest BCUT2D eigenvalue weighted by Crippen LogP contribution is -2.45. The summed E-state index contributed by atoms with van der Waals surface area (Å²) in [4.78, 5) is 29.2. The van der Waals surface area contributed by atoms with Gasteiger partial charge in [0.15, 0.2) is 0 Å². The number of fused-ring (bicyclic) bond motifs is 1. The fourth-order valence-electron chi connectivity index (χ4n) is 3.48. The third-order valence-electron chi connectivity index (χ3n) is 5.47. The number of anilines is 1. The van der Waals surface area contributed by atoms with E-state index in [2.05, 4.69) is 31.4 Å². The van der Waals surface area contributed by atoms with Gasteiger partial charge in [-0.2, -0.15) is 0 Å². The van der Waals surface area contributed by atoms with Crippen LogP contribution < -0.4 is 10.6 Å². The molecule has 2 atom stereocenters. The number of nitrogens with zero attached hydrogens (tertiary/aromatic N) is 2. The molecule has 0 saturated heterocycles. The average Bonchev–Trinajstić information content (AvgIpc) is 3.07. The van der Waals surface area contributed by atoms with E-state index < -0.39 is 17.9 Å². The third-order valence-corrected chi connectivity index (χ3v) is 5.47. The van der Waals surface area contributed by atoms with E-state index in [1.807, 2.05) is 49.4 Å². The molecule has 32 heavy (non-hydrogen) atoms. The maximum atomic E-state index is 12.8.